The summed E-state index contributed by atoms with van der Waals surface area (Å²) in [5.74, 6) is 6.66. The van der Waals surface area contributed by atoms with E-state index in [2.05, 4.69) is 15.4 Å². The van der Waals surface area contributed by atoms with E-state index >= 15 is 0 Å². The normalized spacial score (nSPS) is 10.6. The van der Waals surface area contributed by atoms with Gasteiger partial charge in [-0.25, -0.2) is 5.84 Å². The summed E-state index contributed by atoms with van der Waals surface area (Å²) < 4.78 is 0. The zero-order valence-electron chi connectivity index (χ0n) is 10.2. The van der Waals surface area contributed by atoms with Crippen molar-refractivity contribution in [2.24, 2.45) is 5.84 Å². The molecular weight excluding hydrogens is 220 g/mol. The number of aromatic nitrogens is 2. The van der Waals surface area contributed by atoms with Crippen molar-refractivity contribution in [2.45, 2.75) is 26.3 Å². The number of nitrogens with one attached hydrogen (secondary N) is 1. The molecule has 0 aliphatic carbocycles. The predicted octanol–water partition coefficient (Wildman–Crippen LogP) is -0.0584. The zero-order valence-corrected chi connectivity index (χ0v) is 10.2. The highest BCUT2D eigenvalue weighted by Crippen LogP contribution is 2.18. The van der Waals surface area contributed by atoms with Crippen LogP contribution in [-0.2, 0) is 0 Å². The van der Waals surface area contributed by atoms with Gasteiger partial charge in [-0.2, -0.15) is 9.97 Å². The summed E-state index contributed by atoms with van der Waals surface area (Å²) in [6.07, 6.45) is 0.674. The number of nitrogens with two attached hydrogens (primary N) is 2. The van der Waals surface area contributed by atoms with E-state index in [4.69, 9.17) is 16.7 Å². The molecule has 7 nitrogen and oxygen atoms in total. The highest BCUT2D eigenvalue weighted by atomic mass is 16.3. The lowest BCUT2D eigenvalue weighted by Gasteiger charge is -2.27. The molecule has 17 heavy (non-hydrogen) atoms. The summed E-state index contributed by atoms with van der Waals surface area (Å²) in [6.45, 7) is 4.94. The van der Waals surface area contributed by atoms with Crippen LogP contribution in [0.25, 0.3) is 0 Å². The first-order valence-corrected chi connectivity index (χ1v) is 5.57. The Balaban J connectivity index is 2.96. The maximum atomic E-state index is 8.88. The first kappa shape index (κ1) is 13.5. The Morgan fingerprint density at radius 1 is 1.47 bits per heavy atom. The molecule has 0 saturated heterocycles. The van der Waals surface area contributed by atoms with E-state index in [1.54, 1.807) is 6.07 Å². The summed E-state index contributed by atoms with van der Waals surface area (Å²) in [6, 6.07) is 1.98. The minimum absolute atomic E-state index is 0.145. The third-order valence-corrected chi connectivity index (χ3v) is 2.35. The van der Waals surface area contributed by atoms with Gasteiger partial charge in [-0.15, -0.1) is 0 Å². The molecule has 0 aliphatic rings. The van der Waals surface area contributed by atoms with E-state index in [1.807, 2.05) is 18.7 Å². The number of anilines is 3. The maximum Gasteiger partial charge on any atom is 0.223 e. The van der Waals surface area contributed by atoms with Crippen molar-refractivity contribution in [3.05, 3.63) is 6.07 Å². The van der Waals surface area contributed by atoms with Crippen molar-refractivity contribution in [1.82, 2.24) is 9.97 Å². The molecule has 0 fully saturated rings. The van der Waals surface area contributed by atoms with Crippen molar-refractivity contribution < 1.29 is 5.11 Å². The van der Waals surface area contributed by atoms with Crippen LogP contribution in [0.3, 0.4) is 0 Å². The second-order valence-electron chi connectivity index (χ2n) is 3.98. The molecule has 7 heteroatoms. The lowest BCUT2D eigenvalue weighted by atomic mass is 10.3. The van der Waals surface area contributed by atoms with Gasteiger partial charge in [0.15, 0.2) is 0 Å². The van der Waals surface area contributed by atoms with Gasteiger partial charge in [0.25, 0.3) is 0 Å². The predicted molar refractivity (Wildman–Crippen MR) is 68.4 cm³/mol. The maximum absolute atomic E-state index is 8.88. The van der Waals surface area contributed by atoms with Crippen molar-refractivity contribution in [1.29, 1.82) is 0 Å². The summed E-state index contributed by atoms with van der Waals surface area (Å²) in [5.41, 5.74) is 8.06. The van der Waals surface area contributed by atoms with Gasteiger partial charge in [-0.1, -0.05) is 0 Å². The van der Waals surface area contributed by atoms with Crippen LogP contribution in [0.2, 0.25) is 0 Å². The van der Waals surface area contributed by atoms with Crippen LogP contribution in [0, 0.1) is 0 Å². The first-order chi connectivity index (χ1) is 8.08. The monoisotopic (exact) mass is 240 g/mol. The Kier molecular flexibility index (Phi) is 4.92. The average Bonchev–Trinajstić information content (AvgIpc) is 2.28. The van der Waals surface area contributed by atoms with Crippen LogP contribution in [-0.4, -0.2) is 34.3 Å². The van der Waals surface area contributed by atoms with Crippen LogP contribution in [0.15, 0.2) is 6.07 Å². The van der Waals surface area contributed by atoms with Crippen molar-refractivity contribution in [3.8, 4) is 0 Å². The highest BCUT2D eigenvalue weighted by molar-refractivity contribution is 5.52. The van der Waals surface area contributed by atoms with E-state index in [9.17, 15) is 0 Å². The fourth-order valence-corrected chi connectivity index (χ4v) is 1.55. The number of rotatable bonds is 6. The number of nitrogen functional groups attached to an aromatic ring is 2. The molecule has 0 radical (unpaired) electrons. The van der Waals surface area contributed by atoms with Crippen LogP contribution in [0.1, 0.15) is 20.3 Å². The quantitative estimate of drug-likeness (QED) is 0.407. The third kappa shape index (κ3) is 3.72. The second-order valence-corrected chi connectivity index (χ2v) is 3.98. The number of hydrogen-bond acceptors (Lipinski definition) is 7. The molecule has 0 bridgehead atoms. The molecule has 0 aromatic carbocycles. The summed E-state index contributed by atoms with van der Waals surface area (Å²) in [5, 5.41) is 8.88. The molecule has 96 valence electrons. The van der Waals surface area contributed by atoms with Crippen molar-refractivity contribution in [2.75, 3.05) is 29.2 Å². The number of aliphatic hydroxyl groups excluding tert-OH is 1. The fourth-order valence-electron chi connectivity index (χ4n) is 1.55. The molecule has 0 saturated carbocycles. The van der Waals surface area contributed by atoms with Gasteiger partial charge in [0.2, 0.25) is 5.95 Å². The highest BCUT2D eigenvalue weighted by Gasteiger charge is 2.13. The Hall–Kier alpha value is -1.60. The number of hydrazine groups is 1. The van der Waals surface area contributed by atoms with Crippen LogP contribution < -0.4 is 21.9 Å². The van der Waals surface area contributed by atoms with Gasteiger partial charge in [0, 0.05) is 25.3 Å². The molecule has 0 atom stereocenters. The SMILES string of the molecule is CC(C)N(CCCO)c1cc(NN)nc(N)n1. The Bertz CT molecular complexity index is 357. The van der Waals surface area contributed by atoms with Gasteiger partial charge in [-0.3, -0.25) is 0 Å². The van der Waals surface area contributed by atoms with Gasteiger partial charge >= 0.3 is 0 Å². The van der Waals surface area contributed by atoms with E-state index < -0.39 is 0 Å². The average molecular weight is 240 g/mol. The van der Waals surface area contributed by atoms with E-state index in [0.717, 1.165) is 0 Å². The van der Waals surface area contributed by atoms with Gasteiger partial charge in [0.1, 0.15) is 11.6 Å². The second kappa shape index (κ2) is 6.21. The number of aliphatic hydroxyl groups is 1. The molecule has 0 amide bonds. The number of hydrogen-bond donors (Lipinski definition) is 4. The summed E-state index contributed by atoms with van der Waals surface area (Å²) in [7, 11) is 0. The molecule has 0 aliphatic heterocycles. The molecule has 1 aromatic heterocycles. The van der Waals surface area contributed by atoms with Crippen molar-refractivity contribution >= 4 is 17.6 Å². The van der Waals surface area contributed by atoms with Crippen LogP contribution in [0.4, 0.5) is 17.6 Å². The Morgan fingerprint density at radius 3 is 2.71 bits per heavy atom. The molecule has 0 spiro atoms. The standard InChI is InChI=1S/C10H20N6O/c1-7(2)16(4-3-5-17)9-6-8(15-12)13-10(11)14-9/h6-7,17H,3-5,12H2,1-2H3,(H3,11,13,14,15). The fraction of sp³-hybridized carbons (Fsp3) is 0.600. The Morgan fingerprint density at radius 2 is 2.18 bits per heavy atom. The van der Waals surface area contributed by atoms with E-state index in [0.29, 0.717) is 24.6 Å². The molecule has 0 unspecified atom stereocenters. The smallest absolute Gasteiger partial charge is 0.223 e. The molecule has 1 heterocycles. The third-order valence-electron chi connectivity index (χ3n) is 2.35. The topological polar surface area (TPSA) is 113 Å². The lowest BCUT2D eigenvalue weighted by molar-refractivity contribution is 0.288. The van der Waals surface area contributed by atoms with Gasteiger partial charge in [0.05, 0.1) is 0 Å². The van der Waals surface area contributed by atoms with E-state index in [-0.39, 0.29) is 18.6 Å². The summed E-state index contributed by atoms with van der Waals surface area (Å²) in [4.78, 5) is 10.1. The lowest BCUT2D eigenvalue weighted by Crippen LogP contribution is -2.33. The van der Waals surface area contributed by atoms with Crippen molar-refractivity contribution in [3.63, 3.8) is 0 Å². The van der Waals surface area contributed by atoms with Gasteiger partial charge in [-0.05, 0) is 20.3 Å². The van der Waals surface area contributed by atoms with Gasteiger partial charge < -0.3 is 21.2 Å². The molecular formula is C10H20N6O. The van der Waals surface area contributed by atoms with Crippen LogP contribution >= 0.6 is 0 Å². The molecule has 6 N–H and O–H groups in total. The minimum Gasteiger partial charge on any atom is -0.396 e. The largest absolute Gasteiger partial charge is 0.396 e. The Labute approximate surface area is 101 Å². The zero-order chi connectivity index (χ0) is 12.8. The first-order valence-electron chi connectivity index (χ1n) is 5.57. The van der Waals surface area contributed by atoms with Crippen LogP contribution in [0.5, 0.6) is 0 Å². The number of nitrogens with zero attached hydrogens (tertiary/aromatic N) is 3. The molecule has 1 aromatic rings. The molecule has 1 rings (SSSR count). The minimum atomic E-state index is 0.145. The van der Waals surface area contributed by atoms with E-state index in [1.165, 1.54) is 0 Å². The summed E-state index contributed by atoms with van der Waals surface area (Å²) >= 11 is 0.